The molecule has 2 aromatic carbocycles. The summed E-state index contributed by atoms with van der Waals surface area (Å²) in [4.78, 5) is 17.2. The first-order valence-electron chi connectivity index (χ1n) is 9.87. The molecular weight excluding hydrogens is 541 g/mol. The number of imidazole rings is 1. The van der Waals surface area contributed by atoms with Gasteiger partial charge in [-0.1, -0.05) is 12.1 Å². The van der Waals surface area contributed by atoms with Gasteiger partial charge in [0.1, 0.15) is 6.54 Å². The number of carbonyl (C=O) groups excluding carboxylic acids is 1. The smallest absolute Gasteiger partial charge is 0.260 e. The molecule has 2 heterocycles. The number of methoxy groups -OCH3 is 1. The maximum Gasteiger partial charge on any atom is 0.260 e. The number of hydrogen-bond donors (Lipinski definition) is 2. The number of nitrogens with zero attached hydrogens (tertiary/aromatic N) is 5. The Morgan fingerprint density at radius 3 is 2.88 bits per heavy atom. The molecule has 0 saturated heterocycles. The van der Waals surface area contributed by atoms with Crippen molar-refractivity contribution >= 4 is 51.6 Å². The predicted octanol–water partition coefficient (Wildman–Crippen LogP) is 2.83. The van der Waals surface area contributed by atoms with Gasteiger partial charge in [-0.05, 0) is 69.7 Å². The maximum absolute atomic E-state index is 12.7. The van der Waals surface area contributed by atoms with Crippen LogP contribution in [0.2, 0.25) is 0 Å². The molecular formula is C21H20IN7O4. The molecule has 33 heavy (non-hydrogen) atoms. The Morgan fingerprint density at radius 2 is 2.15 bits per heavy atom. The number of halogens is 1. The second-order valence-electron chi connectivity index (χ2n) is 6.77. The lowest BCUT2D eigenvalue weighted by molar-refractivity contribution is -0.121. The summed E-state index contributed by atoms with van der Waals surface area (Å²) in [5.41, 5.74) is 10.8. The van der Waals surface area contributed by atoms with Crippen molar-refractivity contribution < 1.29 is 18.9 Å². The lowest BCUT2D eigenvalue weighted by Crippen LogP contribution is -2.23. The Labute approximate surface area is 202 Å². The summed E-state index contributed by atoms with van der Waals surface area (Å²) < 4.78 is 18.3. The van der Waals surface area contributed by atoms with Crippen LogP contribution in [0.3, 0.4) is 0 Å². The fraction of sp³-hybridized carbons (Fsp3) is 0.190. The molecule has 1 amide bonds. The Hall–Kier alpha value is -3.68. The van der Waals surface area contributed by atoms with Crippen molar-refractivity contribution in [2.45, 2.75) is 13.5 Å². The van der Waals surface area contributed by atoms with E-state index in [4.69, 9.17) is 19.8 Å². The van der Waals surface area contributed by atoms with Gasteiger partial charge in [0.15, 0.2) is 28.8 Å². The van der Waals surface area contributed by atoms with Crippen molar-refractivity contribution in [3.05, 3.63) is 45.5 Å². The van der Waals surface area contributed by atoms with E-state index in [0.717, 1.165) is 14.7 Å². The van der Waals surface area contributed by atoms with Gasteiger partial charge in [-0.15, -0.1) is 0 Å². The zero-order valence-corrected chi connectivity index (χ0v) is 19.9. The number of nitrogens with two attached hydrogens (primary N) is 1. The Balaban J connectivity index is 1.55. The number of fused-ring (bicyclic) bond motifs is 1. The molecule has 12 heteroatoms. The molecule has 0 unspecified atom stereocenters. The van der Waals surface area contributed by atoms with Gasteiger partial charge in [0, 0.05) is 0 Å². The minimum absolute atomic E-state index is 0.0656. The second-order valence-corrected chi connectivity index (χ2v) is 7.93. The number of nitrogens with one attached hydrogen (secondary N) is 1. The maximum atomic E-state index is 12.7. The van der Waals surface area contributed by atoms with Crippen molar-refractivity contribution in [2.75, 3.05) is 19.5 Å². The van der Waals surface area contributed by atoms with Gasteiger partial charge in [0.05, 0.1) is 34.5 Å². The molecule has 0 atom stereocenters. The van der Waals surface area contributed by atoms with Crippen LogP contribution in [-0.4, -0.2) is 45.7 Å². The number of rotatable bonds is 8. The summed E-state index contributed by atoms with van der Waals surface area (Å²) in [5.74, 6) is 1.36. The highest BCUT2D eigenvalue weighted by atomic mass is 127. The lowest BCUT2D eigenvalue weighted by atomic mass is 10.2. The Kier molecular flexibility index (Phi) is 6.72. The van der Waals surface area contributed by atoms with E-state index in [-0.39, 0.29) is 24.0 Å². The third kappa shape index (κ3) is 4.74. The monoisotopic (exact) mass is 561 g/mol. The largest absolute Gasteiger partial charge is 0.492 e. The Bertz CT molecular complexity index is 1330. The molecule has 0 aliphatic heterocycles. The van der Waals surface area contributed by atoms with Crippen molar-refractivity contribution in [1.29, 1.82) is 0 Å². The van der Waals surface area contributed by atoms with Crippen molar-refractivity contribution in [2.24, 2.45) is 5.10 Å². The normalized spacial score (nSPS) is 11.2. The van der Waals surface area contributed by atoms with Crippen molar-refractivity contribution in [3.63, 3.8) is 0 Å². The highest BCUT2D eigenvalue weighted by Gasteiger charge is 2.20. The van der Waals surface area contributed by atoms with E-state index >= 15 is 0 Å². The number of ether oxygens (including phenoxy) is 2. The number of carbonyl (C=O) groups is 1. The second kappa shape index (κ2) is 9.85. The lowest BCUT2D eigenvalue weighted by Gasteiger charge is -2.11. The fourth-order valence-corrected chi connectivity index (χ4v) is 4.09. The van der Waals surface area contributed by atoms with E-state index in [1.165, 1.54) is 6.21 Å². The van der Waals surface area contributed by atoms with Crippen molar-refractivity contribution in [1.82, 2.24) is 25.3 Å². The molecule has 11 nitrogen and oxygen atoms in total. The van der Waals surface area contributed by atoms with Gasteiger partial charge < -0.3 is 19.8 Å². The van der Waals surface area contributed by atoms with Crippen LogP contribution in [0.5, 0.6) is 11.5 Å². The Morgan fingerprint density at radius 1 is 1.33 bits per heavy atom. The first-order valence-corrected chi connectivity index (χ1v) is 11.0. The van der Waals surface area contributed by atoms with Crippen LogP contribution < -0.4 is 20.6 Å². The number of hydrogen-bond acceptors (Lipinski definition) is 9. The number of amides is 1. The number of hydrazone groups is 1. The van der Waals surface area contributed by atoms with Gasteiger partial charge in [-0.2, -0.15) is 5.10 Å². The zero-order valence-electron chi connectivity index (χ0n) is 17.8. The average Bonchev–Trinajstić information content (AvgIpc) is 3.37. The number of aromatic nitrogens is 4. The number of anilines is 1. The summed E-state index contributed by atoms with van der Waals surface area (Å²) in [6.07, 6.45) is 1.54. The van der Waals surface area contributed by atoms with Crippen LogP contribution in [0.4, 0.5) is 5.82 Å². The van der Waals surface area contributed by atoms with Gasteiger partial charge in [-0.25, -0.2) is 15.0 Å². The number of para-hydroxylation sites is 2. The summed E-state index contributed by atoms with van der Waals surface area (Å²) >= 11 is 2.16. The molecule has 0 aliphatic carbocycles. The molecule has 0 fully saturated rings. The molecule has 0 aliphatic rings. The molecule has 0 saturated carbocycles. The number of nitrogen functional groups attached to an aromatic ring is 1. The molecule has 0 radical (unpaired) electrons. The van der Waals surface area contributed by atoms with Crippen LogP contribution in [0.1, 0.15) is 12.5 Å². The van der Waals surface area contributed by atoms with Crippen LogP contribution in [0, 0.1) is 3.57 Å². The topological polar surface area (TPSA) is 143 Å². The molecule has 2 aromatic heterocycles. The summed E-state index contributed by atoms with van der Waals surface area (Å²) in [7, 11) is 1.59. The minimum atomic E-state index is -0.362. The van der Waals surface area contributed by atoms with Gasteiger partial charge in [0.25, 0.3) is 5.91 Å². The van der Waals surface area contributed by atoms with Gasteiger partial charge in [-0.3, -0.25) is 4.79 Å². The first-order chi connectivity index (χ1) is 16.0. The van der Waals surface area contributed by atoms with Crippen LogP contribution in [0.25, 0.3) is 22.6 Å². The molecule has 3 N–H and O–H groups in total. The van der Waals surface area contributed by atoms with Gasteiger partial charge >= 0.3 is 0 Å². The fourth-order valence-electron chi connectivity index (χ4n) is 3.25. The summed E-state index contributed by atoms with van der Waals surface area (Å²) in [5, 5.41) is 11.5. The van der Waals surface area contributed by atoms with E-state index in [0.29, 0.717) is 29.4 Å². The van der Waals surface area contributed by atoms with Crippen molar-refractivity contribution in [3.8, 4) is 23.0 Å². The van der Waals surface area contributed by atoms with Gasteiger partial charge in [0.2, 0.25) is 0 Å². The van der Waals surface area contributed by atoms with E-state index in [2.05, 4.69) is 48.4 Å². The summed E-state index contributed by atoms with van der Waals surface area (Å²) in [6, 6.07) is 11.1. The highest BCUT2D eigenvalue weighted by Crippen LogP contribution is 2.33. The molecule has 0 bridgehead atoms. The third-order valence-electron chi connectivity index (χ3n) is 4.62. The van der Waals surface area contributed by atoms with Crippen LogP contribution >= 0.6 is 22.6 Å². The molecule has 0 spiro atoms. The zero-order chi connectivity index (χ0) is 23.4. The molecule has 4 aromatic rings. The standard InChI is InChI=1S/C21H20IN7O4/c1-3-32-16-9-12(8-13(22)19(16)31-2)10-24-26-17(30)11-29-15-7-5-4-6-14(15)25-21(29)18-20(23)28-33-27-18/h4-10H,3,11H2,1-2H3,(H2,23,28)(H,26,30)/b24-10-. The predicted molar refractivity (Wildman–Crippen MR) is 130 cm³/mol. The van der Waals surface area contributed by atoms with Crippen LogP contribution in [0.15, 0.2) is 46.1 Å². The average molecular weight is 561 g/mol. The van der Waals surface area contributed by atoms with E-state index in [9.17, 15) is 4.79 Å². The third-order valence-corrected chi connectivity index (χ3v) is 5.42. The number of benzene rings is 2. The first kappa shape index (κ1) is 22.5. The minimum Gasteiger partial charge on any atom is -0.492 e. The highest BCUT2D eigenvalue weighted by molar-refractivity contribution is 14.1. The van der Waals surface area contributed by atoms with Crippen LogP contribution in [-0.2, 0) is 11.3 Å². The summed E-state index contributed by atoms with van der Waals surface area (Å²) in [6.45, 7) is 2.32. The quantitative estimate of drug-likeness (QED) is 0.190. The SMILES string of the molecule is CCOc1cc(/C=N\NC(=O)Cn2c(-c3nonc3N)nc3ccccc32)cc(I)c1OC. The van der Waals surface area contributed by atoms with E-state index < -0.39 is 0 Å². The van der Waals surface area contributed by atoms with E-state index in [1.54, 1.807) is 17.7 Å². The molecule has 4 rings (SSSR count). The van der Waals surface area contributed by atoms with E-state index in [1.807, 2.05) is 37.3 Å². The molecule has 170 valence electrons.